The van der Waals surface area contributed by atoms with Crippen LogP contribution in [-0.4, -0.2) is 32.1 Å². The molecule has 0 radical (unpaired) electrons. The second-order valence-corrected chi connectivity index (χ2v) is 8.19. The molecular formula is C21H30N2O2. The number of nitrogens with one attached hydrogen (secondary N) is 1. The van der Waals surface area contributed by atoms with E-state index in [1.807, 2.05) is 6.20 Å². The van der Waals surface area contributed by atoms with Crippen molar-refractivity contribution in [3.63, 3.8) is 0 Å². The van der Waals surface area contributed by atoms with Crippen molar-refractivity contribution in [2.24, 2.45) is 11.3 Å². The van der Waals surface area contributed by atoms with E-state index in [2.05, 4.69) is 55.3 Å². The van der Waals surface area contributed by atoms with Gasteiger partial charge in [-0.05, 0) is 48.4 Å². The first-order valence-corrected chi connectivity index (χ1v) is 9.35. The second kappa shape index (κ2) is 7.61. The number of benzene rings is 1. The van der Waals surface area contributed by atoms with Crippen LogP contribution in [0, 0.1) is 11.3 Å². The van der Waals surface area contributed by atoms with E-state index in [9.17, 15) is 4.79 Å². The molecule has 4 nitrogen and oxygen atoms in total. The highest BCUT2D eigenvalue weighted by Gasteiger charge is 2.31. The molecule has 25 heavy (non-hydrogen) atoms. The third-order valence-electron chi connectivity index (χ3n) is 5.43. The van der Waals surface area contributed by atoms with Crippen LogP contribution in [0.2, 0.25) is 0 Å². The van der Waals surface area contributed by atoms with Crippen molar-refractivity contribution in [2.45, 2.75) is 40.0 Å². The number of hydrogen-bond donors (Lipinski definition) is 1. The van der Waals surface area contributed by atoms with E-state index in [0.29, 0.717) is 12.3 Å². The Kier molecular flexibility index (Phi) is 5.48. The van der Waals surface area contributed by atoms with Crippen molar-refractivity contribution < 1.29 is 9.53 Å². The van der Waals surface area contributed by atoms with Crippen LogP contribution in [0.4, 0.5) is 11.4 Å². The quantitative estimate of drug-likeness (QED) is 0.835. The topological polar surface area (TPSA) is 41.6 Å². The Morgan fingerprint density at radius 2 is 1.84 bits per heavy atom. The van der Waals surface area contributed by atoms with Crippen molar-refractivity contribution >= 4 is 17.2 Å². The third kappa shape index (κ3) is 4.63. The van der Waals surface area contributed by atoms with Crippen molar-refractivity contribution in [3.8, 4) is 0 Å². The molecule has 0 unspecified atom stereocenters. The molecule has 2 fully saturated rings. The maximum absolute atomic E-state index is 12.2. The molecule has 1 N–H and O–H groups in total. The molecule has 1 aliphatic carbocycles. The molecule has 1 heterocycles. The zero-order chi connectivity index (χ0) is 17.9. The largest absolute Gasteiger partial charge is 0.378 e. The number of anilines is 2. The monoisotopic (exact) mass is 342 g/mol. The maximum atomic E-state index is 12.2. The summed E-state index contributed by atoms with van der Waals surface area (Å²) in [6, 6.07) is 8.42. The SMILES string of the molecule is CC(C)(C)[C@H]1CCC(=O)/C(=C/Nc2ccc(N3CCOCC3)cc2)C1. The van der Waals surface area contributed by atoms with Crippen molar-refractivity contribution in [1.82, 2.24) is 0 Å². The van der Waals surface area contributed by atoms with E-state index in [0.717, 1.165) is 50.4 Å². The minimum absolute atomic E-state index is 0.250. The first-order chi connectivity index (χ1) is 11.9. The number of carbonyl (C=O) groups excluding carboxylic acids is 1. The van der Waals surface area contributed by atoms with Gasteiger partial charge in [0.25, 0.3) is 0 Å². The first kappa shape index (κ1) is 18.0. The Morgan fingerprint density at radius 1 is 1.16 bits per heavy atom. The number of nitrogens with zero attached hydrogens (tertiary/aromatic N) is 1. The zero-order valence-electron chi connectivity index (χ0n) is 15.7. The number of carbonyl (C=O) groups is 1. The third-order valence-corrected chi connectivity index (χ3v) is 5.43. The lowest BCUT2D eigenvalue weighted by Gasteiger charge is -2.34. The van der Waals surface area contributed by atoms with E-state index in [1.165, 1.54) is 5.69 Å². The minimum Gasteiger partial charge on any atom is -0.378 e. The second-order valence-electron chi connectivity index (χ2n) is 8.19. The molecule has 136 valence electrons. The Bertz CT molecular complexity index is 622. The fourth-order valence-electron chi connectivity index (χ4n) is 3.59. The molecule has 1 aromatic carbocycles. The molecule has 0 spiro atoms. The van der Waals surface area contributed by atoms with Crippen molar-refractivity contribution in [2.75, 3.05) is 36.5 Å². The van der Waals surface area contributed by atoms with Crippen LogP contribution >= 0.6 is 0 Å². The van der Waals surface area contributed by atoms with Gasteiger partial charge in [-0.2, -0.15) is 0 Å². The number of allylic oxidation sites excluding steroid dienone is 1. The summed E-state index contributed by atoms with van der Waals surface area (Å²) in [4.78, 5) is 14.6. The average Bonchev–Trinajstić information content (AvgIpc) is 2.61. The van der Waals surface area contributed by atoms with Gasteiger partial charge in [0.15, 0.2) is 5.78 Å². The smallest absolute Gasteiger partial charge is 0.160 e. The van der Waals surface area contributed by atoms with Gasteiger partial charge < -0.3 is 15.0 Å². The van der Waals surface area contributed by atoms with Gasteiger partial charge in [0.05, 0.1) is 13.2 Å². The standard InChI is InChI=1S/C21H30N2O2/c1-21(2,3)17-4-9-20(24)16(14-17)15-22-18-5-7-19(8-6-18)23-10-12-25-13-11-23/h5-8,15,17,22H,4,9-14H2,1-3H3/b16-15+/t17-/m0/s1. The van der Waals surface area contributed by atoms with Gasteiger partial charge in [-0.1, -0.05) is 20.8 Å². The summed E-state index contributed by atoms with van der Waals surface area (Å²) in [5, 5.41) is 3.32. The van der Waals surface area contributed by atoms with Crippen LogP contribution in [0.1, 0.15) is 40.0 Å². The molecule has 3 rings (SSSR count). The normalized spacial score (nSPS) is 23.8. The summed E-state index contributed by atoms with van der Waals surface area (Å²) in [6.07, 6.45) is 4.48. The van der Waals surface area contributed by atoms with Gasteiger partial charge in [0.2, 0.25) is 0 Å². The van der Waals surface area contributed by atoms with Gasteiger partial charge in [0, 0.05) is 42.7 Å². The van der Waals surface area contributed by atoms with E-state index in [4.69, 9.17) is 4.74 Å². The number of morpholine rings is 1. The van der Waals surface area contributed by atoms with Crippen LogP contribution in [-0.2, 0) is 9.53 Å². The van der Waals surface area contributed by atoms with Gasteiger partial charge in [0.1, 0.15) is 0 Å². The molecule has 1 saturated carbocycles. The van der Waals surface area contributed by atoms with E-state index in [-0.39, 0.29) is 11.2 Å². The van der Waals surface area contributed by atoms with Crippen LogP contribution in [0.3, 0.4) is 0 Å². The van der Waals surface area contributed by atoms with E-state index in [1.54, 1.807) is 0 Å². The van der Waals surface area contributed by atoms with Crippen LogP contribution in [0.15, 0.2) is 36.0 Å². The lowest BCUT2D eigenvalue weighted by Crippen LogP contribution is -2.36. The molecule has 2 aliphatic rings. The fourth-order valence-corrected chi connectivity index (χ4v) is 3.59. The summed E-state index contributed by atoms with van der Waals surface area (Å²) in [5.41, 5.74) is 3.43. The van der Waals surface area contributed by atoms with Crippen molar-refractivity contribution in [3.05, 3.63) is 36.0 Å². The zero-order valence-corrected chi connectivity index (χ0v) is 15.7. The number of hydrogen-bond acceptors (Lipinski definition) is 4. The molecule has 1 aromatic rings. The highest BCUT2D eigenvalue weighted by atomic mass is 16.5. The molecule has 1 aliphatic heterocycles. The summed E-state index contributed by atoms with van der Waals surface area (Å²) in [6.45, 7) is 10.3. The molecule has 1 saturated heterocycles. The molecule has 4 heteroatoms. The average molecular weight is 342 g/mol. The number of ether oxygens (including phenoxy) is 1. The number of Topliss-reactive ketones (excluding diaryl/α,β-unsaturated/α-hetero) is 1. The Labute approximate surface area is 151 Å². The molecule has 1 atom stereocenters. The molecule has 0 aromatic heterocycles. The van der Waals surface area contributed by atoms with E-state index >= 15 is 0 Å². The van der Waals surface area contributed by atoms with Gasteiger partial charge >= 0.3 is 0 Å². The highest BCUT2D eigenvalue weighted by molar-refractivity contribution is 5.96. The van der Waals surface area contributed by atoms with Gasteiger partial charge in [-0.25, -0.2) is 0 Å². The summed E-state index contributed by atoms with van der Waals surface area (Å²) < 4.78 is 5.40. The lowest BCUT2D eigenvalue weighted by molar-refractivity contribution is -0.117. The summed E-state index contributed by atoms with van der Waals surface area (Å²) >= 11 is 0. The Balaban J connectivity index is 1.63. The predicted octanol–water partition coefficient (Wildman–Crippen LogP) is 4.23. The fraction of sp³-hybridized carbons (Fsp3) is 0.571. The van der Waals surface area contributed by atoms with Gasteiger partial charge in [-0.15, -0.1) is 0 Å². The summed E-state index contributed by atoms with van der Waals surface area (Å²) in [5.74, 6) is 0.861. The van der Waals surface area contributed by atoms with Crippen LogP contribution < -0.4 is 10.2 Å². The lowest BCUT2D eigenvalue weighted by atomic mass is 9.71. The molecule has 0 amide bonds. The highest BCUT2D eigenvalue weighted by Crippen LogP contribution is 2.38. The minimum atomic E-state index is 0.250. The van der Waals surface area contributed by atoms with Crippen LogP contribution in [0.25, 0.3) is 0 Å². The molecular weight excluding hydrogens is 312 g/mol. The Hall–Kier alpha value is -1.81. The van der Waals surface area contributed by atoms with Crippen LogP contribution in [0.5, 0.6) is 0 Å². The first-order valence-electron chi connectivity index (χ1n) is 9.35. The molecule has 0 bridgehead atoms. The van der Waals surface area contributed by atoms with Gasteiger partial charge in [-0.3, -0.25) is 4.79 Å². The predicted molar refractivity (Wildman–Crippen MR) is 103 cm³/mol. The maximum Gasteiger partial charge on any atom is 0.160 e. The van der Waals surface area contributed by atoms with E-state index < -0.39 is 0 Å². The number of rotatable bonds is 3. The number of ketones is 1. The summed E-state index contributed by atoms with van der Waals surface area (Å²) in [7, 11) is 0. The Morgan fingerprint density at radius 3 is 2.48 bits per heavy atom. The van der Waals surface area contributed by atoms with Crippen molar-refractivity contribution in [1.29, 1.82) is 0 Å².